The average molecular weight is 388 g/mol. The molecule has 0 saturated carbocycles. The fraction of sp³-hybridized carbons (Fsp3) is 0.400. The molecule has 2 aromatic rings. The number of para-hydroxylation sites is 1. The van der Waals surface area contributed by atoms with Gasteiger partial charge in [-0.1, -0.05) is 18.2 Å². The van der Waals surface area contributed by atoms with E-state index in [1.54, 1.807) is 17.2 Å². The van der Waals surface area contributed by atoms with Crippen LogP contribution in [0.1, 0.15) is 30.8 Å². The molecule has 1 unspecified atom stereocenters. The topological polar surface area (TPSA) is 70.6 Å². The Balaban J connectivity index is 1.79. The van der Waals surface area contributed by atoms with Crippen LogP contribution in [0.5, 0.6) is 0 Å². The quantitative estimate of drug-likeness (QED) is 0.762. The molecule has 3 rings (SSSR count). The summed E-state index contributed by atoms with van der Waals surface area (Å²) in [5, 5.41) is 0. The molecule has 6 nitrogen and oxygen atoms in total. The lowest BCUT2D eigenvalue weighted by molar-refractivity contribution is 0.0983. The van der Waals surface area contributed by atoms with Gasteiger partial charge in [-0.2, -0.15) is 0 Å². The molecule has 1 saturated heterocycles. The summed E-state index contributed by atoms with van der Waals surface area (Å²) in [6.45, 7) is 5.17. The van der Waals surface area contributed by atoms with Crippen molar-refractivity contribution < 1.29 is 13.2 Å². The highest BCUT2D eigenvalue weighted by molar-refractivity contribution is 7.91. The summed E-state index contributed by atoms with van der Waals surface area (Å²) < 4.78 is 23.6. The van der Waals surface area contributed by atoms with Gasteiger partial charge < -0.3 is 9.80 Å². The molecule has 1 aromatic carbocycles. The number of amides is 1. The Morgan fingerprint density at radius 1 is 1.07 bits per heavy atom. The molecule has 0 spiro atoms. The van der Waals surface area contributed by atoms with Gasteiger partial charge in [-0.05, 0) is 44.5 Å². The minimum Gasteiger partial charge on any atom is -0.367 e. The van der Waals surface area contributed by atoms with E-state index >= 15 is 0 Å². The van der Waals surface area contributed by atoms with Gasteiger partial charge in [0.2, 0.25) is 0 Å². The number of rotatable bonds is 6. The van der Waals surface area contributed by atoms with E-state index in [4.69, 9.17) is 0 Å². The number of hydrogen-bond acceptors (Lipinski definition) is 5. The van der Waals surface area contributed by atoms with Gasteiger partial charge in [0, 0.05) is 24.8 Å². The Morgan fingerprint density at radius 3 is 2.33 bits per heavy atom. The molecule has 1 atom stereocenters. The molecule has 0 N–H and O–H groups in total. The Labute approximate surface area is 160 Å². The van der Waals surface area contributed by atoms with Crippen LogP contribution in [0.3, 0.4) is 0 Å². The summed E-state index contributed by atoms with van der Waals surface area (Å²) >= 11 is 0. The average Bonchev–Trinajstić information content (AvgIpc) is 3.04. The van der Waals surface area contributed by atoms with E-state index in [9.17, 15) is 13.2 Å². The molecule has 1 amide bonds. The summed E-state index contributed by atoms with van der Waals surface area (Å²) in [4.78, 5) is 20.9. The number of benzene rings is 1. The Morgan fingerprint density at radius 2 is 1.81 bits per heavy atom. The molecule has 7 heteroatoms. The maximum Gasteiger partial charge on any atom is 0.276 e. The molecular weight excluding hydrogens is 362 g/mol. The van der Waals surface area contributed by atoms with Gasteiger partial charge in [-0.15, -0.1) is 0 Å². The summed E-state index contributed by atoms with van der Waals surface area (Å²) in [6, 6.07) is 13.1. The predicted octanol–water partition coefficient (Wildman–Crippen LogP) is 2.76. The number of sulfone groups is 1. The number of nitrogens with zero attached hydrogens (tertiary/aromatic N) is 3. The molecule has 27 heavy (non-hydrogen) atoms. The first-order valence-corrected chi connectivity index (χ1v) is 11.1. The van der Waals surface area contributed by atoms with Crippen molar-refractivity contribution in [3.8, 4) is 0 Å². The normalized spacial score (nSPS) is 18.2. The first-order valence-electron chi connectivity index (χ1n) is 9.25. The molecule has 0 bridgehead atoms. The number of carbonyl (C=O) groups excluding carboxylic acids is 1. The van der Waals surface area contributed by atoms with Gasteiger partial charge in [-0.25, -0.2) is 13.4 Å². The third-order valence-corrected chi connectivity index (χ3v) is 6.67. The summed E-state index contributed by atoms with van der Waals surface area (Å²) in [5.41, 5.74) is 2.06. The van der Waals surface area contributed by atoms with Gasteiger partial charge in [0.15, 0.2) is 9.84 Å². The maximum atomic E-state index is 12.8. The zero-order chi connectivity index (χ0) is 19.4. The Hall–Kier alpha value is -2.41. The van der Waals surface area contributed by atoms with Crippen LogP contribution in [-0.4, -0.2) is 49.9 Å². The molecule has 144 valence electrons. The van der Waals surface area contributed by atoms with Crippen molar-refractivity contribution in [3.05, 3.63) is 54.4 Å². The number of hydrogen-bond donors (Lipinski definition) is 0. The van der Waals surface area contributed by atoms with Gasteiger partial charge >= 0.3 is 0 Å². The van der Waals surface area contributed by atoms with Crippen LogP contribution in [0.15, 0.2) is 48.7 Å². The first-order chi connectivity index (χ1) is 12.9. The molecule has 2 heterocycles. The Kier molecular flexibility index (Phi) is 5.79. The van der Waals surface area contributed by atoms with Crippen LogP contribution in [0.2, 0.25) is 0 Å². The Bertz CT molecular complexity index is 882. The van der Waals surface area contributed by atoms with Crippen molar-refractivity contribution in [2.75, 3.05) is 34.4 Å². The fourth-order valence-corrected chi connectivity index (χ4v) is 5.28. The highest BCUT2D eigenvalue weighted by Gasteiger charge is 2.32. The van der Waals surface area contributed by atoms with E-state index in [2.05, 4.69) is 9.88 Å². The van der Waals surface area contributed by atoms with Crippen LogP contribution < -0.4 is 9.80 Å². The second kappa shape index (κ2) is 8.08. The van der Waals surface area contributed by atoms with Gasteiger partial charge in [-0.3, -0.25) is 4.79 Å². The number of pyridine rings is 1. The second-order valence-electron chi connectivity index (χ2n) is 6.63. The van der Waals surface area contributed by atoms with E-state index in [0.717, 1.165) is 11.4 Å². The van der Waals surface area contributed by atoms with Crippen LogP contribution in [-0.2, 0) is 9.84 Å². The van der Waals surface area contributed by atoms with Crippen LogP contribution >= 0.6 is 0 Å². The van der Waals surface area contributed by atoms with E-state index in [1.807, 2.05) is 50.2 Å². The van der Waals surface area contributed by atoms with Gasteiger partial charge in [0.05, 0.1) is 23.4 Å². The minimum absolute atomic E-state index is 0.0280. The molecular formula is C20H25N3O3S. The van der Waals surface area contributed by atoms with Gasteiger partial charge in [0.1, 0.15) is 5.69 Å². The van der Waals surface area contributed by atoms with Crippen molar-refractivity contribution in [1.29, 1.82) is 0 Å². The summed E-state index contributed by atoms with van der Waals surface area (Å²) in [7, 11) is -2.95. The molecule has 1 aliphatic rings. The SMILES string of the molecule is CCN(C(=O)c1ccc(N(CC)C2CCS(=O)(=O)C2)cn1)c1ccccc1. The molecule has 1 aromatic heterocycles. The number of anilines is 2. The minimum atomic E-state index is -2.95. The fourth-order valence-electron chi connectivity index (χ4n) is 3.54. The van der Waals surface area contributed by atoms with E-state index in [-0.39, 0.29) is 23.5 Å². The maximum absolute atomic E-state index is 12.8. The summed E-state index contributed by atoms with van der Waals surface area (Å²) in [5.74, 6) is 0.265. The van der Waals surface area contributed by atoms with E-state index in [1.165, 1.54) is 0 Å². The molecule has 0 aliphatic carbocycles. The third-order valence-electron chi connectivity index (χ3n) is 4.92. The highest BCUT2D eigenvalue weighted by atomic mass is 32.2. The van der Waals surface area contributed by atoms with Crippen molar-refractivity contribution in [1.82, 2.24) is 4.98 Å². The van der Waals surface area contributed by atoms with Crippen LogP contribution in [0.4, 0.5) is 11.4 Å². The number of carbonyl (C=O) groups is 1. The zero-order valence-corrected chi connectivity index (χ0v) is 16.5. The molecule has 1 fully saturated rings. The second-order valence-corrected chi connectivity index (χ2v) is 8.86. The van der Waals surface area contributed by atoms with E-state index in [0.29, 0.717) is 25.2 Å². The predicted molar refractivity (Wildman–Crippen MR) is 108 cm³/mol. The van der Waals surface area contributed by atoms with Crippen molar-refractivity contribution >= 4 is 27.1 Å². The van der Waals surface area contributed by atoms with Gasteiger partial charge in [0.25, 0.3) is 5.91 Å². The van der Waals surface area contributed by atoms with Crippen LogP contribution in [0, 0.1) is 0 Å². The number of aromatic nitrogens is 1. The smallest absolute Gasteiger partial charge is 0.276 e. The lowest BCUT2D eigenvalue weighted by Crippen LogP contribution is -2.36. The standard InChI is InChI=1S/C20H25N3O3S/c1-3-22(18-12-13-27(25,26)15-18)17-10-11-19(21-14-17)20(24)23(4-2)16-8-6-5-7-9-16/h5-11,14,18H,3-4,12-13,15H2,1-2H3. The lowest BCUT2D eigenvalue weighted by atomic mass is 10.2. The zero-order valence-electron chi connectivity index (χ0n) is 15.7. The van der Waals surface area contributed by atoms with Crippen molar-refractivity contribution in [2.45, 2.75) is 26.3 Å². The molecule has 0 radical (unpaired) electrons. The largest absolute Gasteiger partial charge is 0.367 e. The van der Waals surface area contributed by atoms with E-state index < -0.39 is 9.84 Å². The third kappa shape index (κ3) is 4.30. The summed E-state index contributed by atoms with van der Waals surface area (Å²) in [6.07, 6.45) is 2.30. The van der Waals surface area contributed by atoms with Crippen molar-refractivity contribution in [3.63, 3.8) is 0 Å². The van der Waals surface area contributed by atoms with Crippen molar-refractivity contribution in [2.24, 2.45) is 0 Å². The highest BCUT2D eigenvalue weighted by Crippen LogP contribution is 2.24. The monoisotopic (exact) mass is 387 g/mol. The first kappa shape index (κ1) is 19.4. The van der Waals surface area contributed by atoms with Crippen LogP contribution in [0.25, 0.3) is 0 Å². The molecule has 1 aliphatic heterocycles. The lowest BCUT2D eigenvalue weighted by Gasteiger charge is -2.29.